The van der Waals surface area contributed by atoms with Crippen LogP contribution in [0.1, 0.15) is 15.9 Å². The molecule has 4 nitrogen and oxygen atoms in total. The van der Waals surface area contributed by atoms with Crippen LogP contribution in [0.25, 0.3) is 0 Å². The number of carbonyl (C=O) groups excluding carboxylic acids is 2. The summed E-state index contributed by atoms with van der Waals surface area (Å²) in [5.41, 5.74) is 1.84. The molecular weight excluding hydrogens is 483 g/mol. The Labute approximate surface area is 162 Å². The number of halogens is 2. The highest BCUT2D eigenvalue weighted by molar-refractivity contribution is 14.1. The molecule has 0 fully saturated rings. The largest absolute Gasteiger partial charge is 0.332 e. The normalized spacial score (nSPS) is 9.92. The number of hydrogen-bond acceptors (Lipinski definition) is 2. The molecule has 2 aromatic carbocycles. The van der Waals surface area contributed by atoms with Gasteiger partial charge in [0.05, 0.1) is 12.1 Å². The van der Waals surface area contributed by atoms with Crippen LogP contribution < -0.4 is 5.32 Å². The van der Waals surface area contributed by atoms with Gasteiger partial charge in [-0.25, -0.2) is 0 Å². The Balaban J connectivity index is 2.04. The first-order valence-electron chi connectivity index (χ1n) is 6.97. The third kappa shape index (κ3) is 4.82. The highest BCUT2D eigenvalue weighted by Crippen LogP contribution is 2.19. The van der Waals surface area contributed by atoms with Crippen LogP contribution in [0, 0.1) is 15.9 Å². The van der Waals surface area contributed by atoms with Crippen LogP contribution in [-0.2, 0) is 4.79 Å². The number of hydrogen-bond donors (Lipinski definition) is 1. The zero-order chi connectivity index (χ0) is 17.7. The van der Waals surface area contributed by atoms with E-state index in [1.165, 1.54) is 4.90 Å². The summed E-state index contributed by atoms with van der Waals surface area (Å²) in [5.74, 6) is 2.01. The molecule has 1 N–H and O–H groups in total. The lowest BCUT2D eigenvalue weighted by Gasteiger charge is -2.18. The summed E-state index contributed by atoms with van der Waals surface area (Å²) in [6.45, 7) is -0.0539. The standard InChI is InChI=1S/C18H14BrIN2O2/c1-3-12-5-4-6-14(9-12)21-17(23)11-22(2)18(24)15-10-13(19)7-8-16(15)20/h1,4-10H,11H2,2H3,(H,21,23). The lowest BCUT2D eigenvalue weighted by molar-refractivity contribution is -0.116. The van der Waals surface area contributed by atoms with Crippen molar-refractivity contribution in [1.82, 2.24) is 4.90 Å². The Kier molecular flexibility index (Phi) is 6.40. The first-order chi connectivity index (χ1) is 11.4. The maximum absolute atomic E-state index is 12.5. The SMILES string of the molecule is C#Cc1cccc(NC(=O)CN(C)C(=O)c2cc(Br)ccc2I)c1. The van der Waals surface area contributed by atoms with Crippen LogP contribution in [0.2, 0.25) is 0 Å². The number of amides is 2. The van der Waals surface area contributed by atoms with Crippen molar-refractivity contribution in [3.05, 3.63) is 61.6 Å². The third-order valence-corrected chi connectivity index (χ3v) is 4.63. The molecule has 0 aliphatic rings. The molecule has 0 radical (unpaired) electrons. The van der Waals surface area contributed by atoms with E-state index in [1.54, 1.807) is 37.4 Å². The van der Waals surface area contributed by atoms with Crippen LogP contribution in [0.5, 0.6) is 0 Å². The second-order valence-corrected chi connectivity index (χ2v) is 7.14. The molecular formula is C18H14BrIN2O2. The Morgan fingerprint density at radius 1 is 1.29 bits per heavy atom. The predicted molar refractivity (Wildman–Crippen MR) is 107 cm³/mol. The van der Waals surface area contributed by atoms with Gasteiger partial charge in [0.2, 0.25) is 5.91 Å². The lowest BCUT2D eigenvalue weighted by Crippen LogP contribution is -2.35. The fourth-order valence-corrected chi connectivity index (χ4v) is 2.97. The molecule has 2 rings (SSSR count). The molecule has 2 amide bonds. The summed E-state index contributed by atoms with van der Waals surface area (Å²) in [5, 5.41) is 2.74. The molecule has 0 saturated carbocycles. The fraction of sp³-hybridized carbons (Fsp3) is 0.111. The first kappa shape index (κ1) is 18.5. The minimum absolute atomic E-state index is 0.0539. The highest BCUT2D eigenvalue weighted by atomic mass is 127. The van der Waals surface area contributed by atoms with E-state index in [1.807, 2.05) is 12.1 Å². The first-order valence-corrected chi connectivity index (χ1v) is 8.85. The molecule has 6 heteroatoms. The quantitative estimate of drug-likeness (QED) is 0.517. The van der Waals surface area contributed by atoms with Gasteiger partial charge in [0.15, 0.2) is 0 Å². The maximum atomic E-state index is 12.5. The molecule has 122 valence electrons. The lowest BCUT2D eigenvalue weighted by atomic mass is 10.2. The van der Waals surface area contributed by atoms with Crippen LogP contribution in [-0.4, -0.2) is 30.3 Å². The molecule has 24 heavy (non-hydrogen) atoms. The van der Waals surface area contributed by atoms with Crippen molar-refractivity contribution in [2.45, 2.75) is 0 Å². The minimum Gasteiger partial charge on any atom is -0.332 e. The van der Waals surface area contributed by atoms with E-state index in [9.17, 15) is 9.59 Å². The maximum Gasteiger partial charge on any atom is 0.255 e. The number of anilines is 1. The summed E-state index contributed by atoms with van der Waals surface area (Å²) in [6, 6.07) is 12.5. The van der Waals surface area contributed by atoms with Gasteiger partial charge in [0.25, 0.3) is 5.91 Å². The van der Waals surface area contributed by atoms with Gasteiger partial charge in [-0.2, -0.15) is 0 Å². The number of carbonyl (C=O) groups is 2. The number of benzene rings is 2. The molecule has 0 aromatic heterocycles. The van der Waals surface area contributed by atoms with E-state index in [0.29, 0.717) is 16.8 Å². The predicted octanol–water partition coefficient (Wildman–Crippen LogP) is 3.75. The number of nitrogens with one attached hydrogen (secondary N) is 1. The Hall–Kier alpha value is -1.85. The number of nitrogens with zero attached hydrogens (tertiary/aromatic N) is 1. The van der Waals surface area contributed by atoms with Gasteiger partial charge in [-0.15, -0.1) is 6.42 Å². The third-order valence-electron chi connectivity index (χ3n) is 3.20. The highest BCUT2D eigenvalue weighted by Gasteiger charge is 2.17. The van der Waals surface area contributed by atoms with E-state index in [-0.39, 0.29) is 18.4 Å². The van der Waals surface area contributed by atoms with Crippen molar-refractivity contribution >= 4 is 56.0 Å². The van der Waals surface area contributed by atoms with Gasteiger partial charge in [-0.3, -0.25) is 9.59 Å². The van der Waals surface area contributed by atoms with Gasteiger partial charge >= 0.3 is 0 Å². The van der Waals surface area contributed by atoms with Gasteiger partial charge in [-0.05, 0) is 59.0 Å². The van der Waals surface area contributed by atoms with Crippen LogP contribution >= 0.6 is 38.5 Å². The summed E-state index contributed by atoms with van der Waals surface area (Å²) >= 11 is 5.45. The molecule has 0 saturated heterocycles. The average molecular weight is 497 g/mol. The van der Waals surface area contributed by atoms with Crippen molar-refractivity contribution < 1.29 is 9.59 Å². The fourth-order valence-electron chi connectivity index (χ4n) is 2.04. The zero-order valence-electron chi connectivity index (χ0n) is 12.8. The van der Waals surface area contributed by atoms with Crippen molar-refractivity contribution in [2.24, 2.45) is 0 Å². The Morgan fingerprint density at radius 2 is 2.04 bits per heavy atom. The molecule has 0 bridgehead atoms. The second-order valence-electron chi connectivity index (χ2n) is 5.06. The molecule has 0 aliphatic carbocycles. The van der Waals surface area contributed by atoms with Crippen molar-refractivity contribution in [2.75, 3.05) is 18.9 Å². The Bertz CT molecular complexity index is 830. The van der Waals surface area contributed by atoms with Crippen molar-refractivity contribution in [3.63, 3.8) is 0 Å². The summed E-state index contributed by atoms with van der Waals surface area (Å²) < 4.78 is 1.64. The van der Waals surface area contributed by atoms with Gasteiger partial charge in [0.1, 0.15) is 0 Å². The van der Waals surface area contributed by atoms with E-state index in [0.717, 1.165) is 8.04 Å². The number of likely N-dealkylation sites (N-methyl/N-ethyl adjacent to an activating group) is 1. The molecule has 0 spiro atoms. The van der Waals surface area contributed by atoms with Gasteiger partial charge in [0, 0.05) is 26.3 Å². The van der Waals surface area contributed by atoms with Crippen LogP contribution in [0.15, 0.2) is 46.9 Å². The topological polar surface area (TPSA) is 49.4 Å². The van der Waals surface area contributed by atoms with Gasteiger partial charge in [-0.1, -0.05) is 27.9 Å². The van der Waals surface area contributed by atoms with Crippen molar-refractivity contribution in [1.29, 1.82) is 0 Å². The Morgan fingerprint density at radius 3 is 2.75 bits per heavy atom. The smallest absolute Gasteiger partial charge is 0.255 e. The summed E-state index contributed by atoms with van der Waals surface area (Å²) in [7, 11) is 1.59. The molecule has 0 heterocycles. The summed E-state index contributed by atoms with van der Waals surface area (Å²) in [4.78, 5) is 26.0. The van der Waals surface area contributed by atoms with E-state index in [2.05, 4.69) is 49.8 Å². The van der Waals surface area contributed by atoms with E-state index < -0.39 is 0 Å². The molecule has 0 unspecified atom stereocenters. The average Bonchev–Trinajstić information content (AvgIpc) is 2.56. The van der Waals surface area contributed by atoms with E-state index in [4.69, 9.17) is 6.42 Å². The molecule has 2 aromatic rings. The van der Waals surface area contributed by atoms with E-state index >= 15 is 0 Å². The second kappa shape index (κ2) is 8.31. The molecule has 0 aliphatic heterocycles. The van der Waals surface area contributed by atoms with Crippen LogP contribution in [0.3, 0.4) is 0 Å². The van der Waals surface area contributed by atoms with Crippen molar-refractivity contribution in [3.8, 4) is 12.3 Å². The monoisotopic (exact) mass is 496 g/mol. The number of terminal acetylenes is 1. The van der Waals surface area contributed by atoms with Crippen LogP contribution in [0.4, 0.5) is 5.69 Å². The minimum atomic E-state index is -0.287. The van der Waals surface area contributed by atoms with Gasteiger partial charge < -0.3 is 10.2 Å². The molecule has 0 atom stereocenters. The number of rotatable bonds is 4. The summed E-state index contributed by atoms with van der Waals surface area (Å²) in [6.07, 6.45) is 5.34. The zero-order valence-corrected chi connectivity index (χ0v) is 16.6.